The average Bonchev–Trinajstić information content (AvgIpc) is 3.12. The number of hydrogen-bond acceptors (Lipinski definition) is 5. The van der Waals surface area contributed by atoms with Gasteiger partial charge in [-0.25, -0.2) is 4.68 Å². The van der Waals surface area contributed by atoms with E-state index in [9.17, 15) is 0 Å². The van der Waals surface area contributed by atoms with E-state index in [1.165, 1.54) is 11.5 Å². The monoisotopic (exact) mass is 348 g/mol. The Labute approximate surface area is 148 Å². The summed E-state index contributed by atoms with van der Waals surface area (Å²) in [6.45, 7) is 0.491. The summed E-state index contributed by atoms with van der Waals surface area (Å²) in [5.41, 5.74) is 2.31. The third-order valence-corrected chi connectivity index (χ3v) is 4.77. The Balaban J connectivity index is 1.90. The number of benzene rings is 2. The molecule has 0 spiro atoms. The van der Waals surface area contributed by atoms with Crippen LogP contribution >= 0.6 is 11.5 Å². The molecule has 1 N–H and O–H groups in total. The molecule has 0 atom stereocenters. The Morgan fingerprint density at radius 1 is 1.04 bits per heavy atom. The van der Waals surface area contributed by atoms with Crippen LogP contribution in [0.2, 0.25) is 0 Å². The van der Waals surface area contributed by atoms with E-state index in [1.54, 1.807) is 11.8 Å². The van der Waals surface area contributed by atoms with E-state index in [-0.39, 0.29) is 0 Å². The van der Waals surface area contributed by atoms with Crippen molar-refractivity contribution in [1.82, 2.24) is 14.2 Å². The molecule has 124 valence electrons. The molecule has 0 fully saturated rings. The van der Waals surface area contributed by atoms with Crippen LogP contribution in [0.4, 0.5) is 0 Å². The number of nitrogens with one attached hydrogen (secondary N) is 1. The van der Waals surface area contributed by atoms with E-state index in [4.69, 9.17) is 15.2 Å². The van der Waals surface area contributed by atoms with Crippen molar-refractivity contribution in [2.24, 2.45) is 0 Å². The molecular weight excluding hydrogens is 332 g/mol. The number of nitrogens with zero attached hydrogens (tertiary/aromatic N) is 3. The Hall–Kier alpha value is -2.99. The van der Waals surface area contributed by atoms with Crippen LogP contribution in [0.5, 0.6) is 5.88 Å². The van der Waals surface area contributed by atoms with Crippen LogP contribution in [-0.2, 0) is 6.54 Å². The molecule has 5 nitrogen and oxygen atoms in total. The lowest BCUT2D eigenvalue weighted by atomic mass is 10.1. The summed E-state index contributed by atoms with van der Waals surface area (Å²) >= 11 is 1.37. The van der Waals surface area contributed by atoms with E-state index in [1.807, 2.05) is 60.7 Å². The SMILES string of the molecule is COc1cc(Cn2nc(-c3ccccc3)c3ccccc3c2=N)sn1. The van der Waals surface area contributed by atoms with Crippen molar-refractivity contribution in [3.8, 4) is 17.1 Å². The molecule has 25 heavy (non-hydrogen) atoms. The first kappa shape index (κ1) is 15.5. The van der Waals surface area contributed by atoms with E-state index >= 15 is 0 Å². The largest absolute Gasteiger partial charge is 0.480 e. The predicted octanol–water partition coefficient (Wildman–Crippen LogP) is 3.70. The van der Waals surface area contributed by atoms with Crippen LogP contribution in [0.3, 0.4) is 0 Å². The van der Waals surface area contributed by atoms with Gasteiger partial charge >= 0.3 is 0 Å². The van der Waals surface area contributed by atoms with Crippen molar-refractivity contribution < 1.29 is 4.74 Å². The van der Waals surface area contributed by atoms with Gasteiger partial charge in [0.25, 0.3) is 0 Å². The Morgan fingerprint density at radius 2 is 1.76 bits per heavy atom. The zero-order valence-corrected chi connectivity index (χ0v) is 14.5. The van der Waals surface area contributed by atoms with E-state index in [2.05, 4.69) is 4.37 Å². The standard InChI is InChI=1S/C19H16N4OS/c1-24-17-11-14(25-22-17)12-23-19(20)16-10-6-5-9-15(16)18(21-23)13-7-3-2-4-8-13/h2-11,20H,12H2,1H3. The molecule has 0 aliphatic heterocycles. The number of fused-ring (bicyclic) bond motifs is 1. The third-order valence-electron chi connectivity index (χ3n) is 4.02. The van der Waals surface area contributed by atoms with Crippen LogP contribution in [0.25, 0.3) is 22.0 Å². The van der Waals surface area contributed by atoms with Gasteiger partial charge in [0.2, 0.25) is 5.88 Å². The summed E-state index contributed by atoms with van der Waals surface area (Å²) in [5, 5.41) is 15.2. The molecule has 0 amide bonds. The first-order chi connectivity index (χ1) is 12.3. The maximum atomic E-state index is 8.55. The molecule has 4 rings (SSSR count). The van der Waals surface area contributed by atoms with E-state index in [0.29, 0.717) is 17.9 Å². The topological polar surface area (TPSA) is 63.8 Å². The fourth-order valence-electron chi connectivity index (χ4n) is 2.80. The molecule has 0 saturated carbocycles. The van der Waals surface area contributed by atoms with Crippen molar-refractivity contribution in [1.29, 1.82) is 5.41 Å². The molecule has 2 aromatic heterocycles. The number of ether oxygens (including phenoxy) is 1. The molecule has 0 saturated heterocycles. The van der Waals surface area contributed by atoms with Crippen molar-refractivity contribution in [2.45, 2.75) is 6.54 Å². The lowest BCUT2D eigenvalue weighted by Crippen LogP contribution is -2.24. The molecule has 0 radical (unpaired) electrons. The van der Waals surface area contributed by atoms with Gasteiger partial charge in [-0.1, -0.05) is 54.6 Å². The maximum absolute atomic E-state index is 8.55. The highest BCUT2D eigenvalue weighted by Gasteiger charge is 2.11. The number of methoxy groups -OCH3 is 1. The van der Waals surface area contributed by atoms with Crippen molar-refractivity contribution >= 4 is 22.3 Å². The van der Waals surface area contributed by atoms with Crippen molar-refractivity contribution in [2.75, 3.05) is 7.11 Å². The second-order valence-electron chi connectivity index (χ2n) is 5.60. The first-order valence-electron chi connectivity index (χ1n) is 7.86. The van der Waals surface area contributed by atoms with Gasteiger partial charge in [-0.2, -0.15) is 9.47 Å². The van der Waals surface area contributed by atoms with Gasteiger partial charge in [-0.05, 0) is 11.5 Å². The minimum atomic E-state index is 0.391. The summed E-state index contributed by atoms with van der Waals surface area (Å²) in [7, 11) is 1.60. The second kappa shape index (κ2) is 6.49. The fourth-order valence-corrected chi connectivity index (χ4v) is 3.46. The van der Waals surface area contributed by atoms with Crippen LogP contribution in [0, 0.1) is 5.41 Å². The smallest absolute Gasteiger partial charge is 0.225 e. The van der Waals surface area contributed by atoms with Gasteiger partial charge in [0.05, 0.1) is 24.2 Å². The molecule has 0 aliphatic carbocycles. The molecule has 0 aliphatic rings. The van der Waals surface area contributed by atoms with Gasteiger partial charge in [-0.15, -0.1) is 0 Å². The summed E-state index contributed by atoms with van der Waals surface area (Å²) in [6, 6.07) is 19.9. The molecule has 0 bridgehead atoms. The first-order valence-corrected chi connectivity index (χ1v) is 8.63. The van der Waals surface area contributed by atoms with E-state index < -0.39 is 0 Å². The van der Waals surface area contributed by atoms with Crippen LogP contribution in [0.1, 0.15) is 4.88 Å². The van der Waals surface area contributed by atoms with Crippen LogP contribution in [-0.4, -0.2) is 21.3 Å². The average molecular weight is 348 g/mol. The fraction of sp³-hybridized carbons (Fsp3) is 0.105. The van der Waals surface area contributed by atoms with Gasteiger partial charge in [0.15, 0.2) is 0 Å². The normalized spacial score (nSPS) is 10.9. The maximum Gasteiger partial charge on any atom is 0.225 e. The lowest BCUT2D eigenvalue weighted by Gasteiger charge is -2.12. The molecule has 4 aromatic rings. The van der Waals surface area contributed by atoms with Gasteiger partial charge in [-0.3, -0.25) is 5.41 Å². The minimum Gasteiger partial charge on any atom is -0.480 e. The summed E-state index contributed by atoms with van der Waals surface area (Å²) < 4.78 is 11.1. The Morgan fingerprint density at radius 3 is 2.48 bits per heavy atom. The van der Waals surface area contributed by atoms with E-state index in [0.717, 1.165) is 26.9 Å². The van der Waals surface area contributed by atoms with Crippen LogP contribution < -0.4 is 10.2 Å². The minimum absolute atomic E-state index is 0.391. The Bertz CT molecular complexity index is 1090. The highest BCUT2D eigenvalue weighted by atomic mass is 32.1. The van der Waals surface area contributed by atoms with Crippen molar-refractivity contribution in [3.05, 3.63) is 71.0 Å². The quantitative estimate of drug-likeness (QED) is 0.612. The van der Waals surface area contributed by atoms with Gasteiger partial charge in [0.1, 0.15) is 5.49 Å². The zero-order chi connectivity index (χ0) is 17.2. The number of aromatic nitrogens is 3. The zero-order valence-electron chi connectivity index (χ0n) is 13.6. The van der Waals surface area contributed by atoms with Gasteiger partial charge in [0, 0.05) is 22.4 Å². The number of hydrogen-bond donors (Lipinski definition) is 1. The molecule has 0 unspecified atom stereocenters. The molecule has 2 aromatic carbocycles. The van der Waals surface area contributed by atoms with Gasteiger partial charge < -0.3 is 4.74 Å². The lowest BCUT2D eigenvalue weighted by molar-refractivity contribution is 0.402. The molecule has 2 heterocycles. The Kier molecular flexibility index (Phi) is 4.03. The summed E-state index contributed by atoms with van der Waals surface area (Å²) in [4.78, 5) is 0.997. The number of rotatable bonds is 4. The highest BCUT2D eigenvalue weighted by Crippen LogP contribution is 2.25. The molecule has 6 heteroatoms. The highest BCUT2D eigenvalue weighted by molar-refractivity contribution is 7.05. The third kappa shape index (κ3) is 2.92. The van der Waals surface area contributed by atoms with Crippen molar-refractivity contribution in [3.63, 3.8) is 0 Å². The van der Waals surface area contributed by atoms with Crippen LogP contribution in [0.15, 0.2) is 60.7 Å². The summed E-state index contributed by atoms with van der Waals surface area (Å²) in [5.74, 6) is 0.594. The molecular formula is C19H16N4OS. The predicted molar refractivity (Wildman–Crippen MR) is 98.8 cm³/mol. The summed E-state index contributed by atoms with van der Waals surface area (Å²) in [6.07, 6.45) is 0. The second-order valence-corrected chi connectivity index (χ2v) is 6.49.